The van der Waals surface area contributed by atoms with Crippen molar-refractivity contribution in [2.75, 3.05) is 12.4 Å². The maximum absolute atomic E-state index is 13.2. The molecule has 1 N–H and O–H groups in total. The summed E-state index contributed by atoms with van der Waals surface area (Å²) in [5, 5.41) is 14.3. The quantitative estimate of drug-likeness (QED) is 0.669. The number of hydrogen-bond acceptors (Lipinski definition) is 4. The van der Waals surface area contributed by atoms with Crippen LogP contribution >= 0.6 is 11.6 Å². The lowest BCUT2D eigenvalue weighted by Crippen LogP contribution is -2.04. The van der Waals surface area contributed by atoms with E-state index in [1.54, 1.807) is 18.2 Å². The highest BCUT2D eigenvalue weighted by molar-refractivity contribution is 6.32. The van der Waals surface area contributed by atoms with E-state index in [4.69, 9.17) is 16.3 Å². The zero-order valence-corrected chi connectivity index (χ0v) is 11.9. The summed E-state index contributed by atoms with van der Waals surface area (Å²) in [6.07, 6.45) is 0. The number of nitrogens with one attached hydrogen (secondary N) is 1. The Balaban J connectivity index is 2.18. The Labute approximate surface area is 125 Å². The number of nitro benzene ring substituents is 1. The average Bonchev–Trinajstić information content (AvgIpc) is 2.45. The lowest BCUT2D eigenvalue weighted by Gasteiger charge is -2.09. The van der Waals surface area contributed by atoms with Gasteiger partial charge in [-0.25, -0.2) is 4.39 Å². The van der Waals surface area contributed by atoms with Crippen LogP contribution in [0.3, 0.4) is 0 Å². The number of hydrogen-bond donors (Lipinski definition) is 1. The molecule has 0 aliphatic carbocycles. The van der Waals surface area contributed by atoms with E-state index < -0.39 is 10.7 Å². The molecule has 7 heteroatoms. The van der Waals surface area contributed by atoms with E-state index in [0.717, 1.165) is 18.2 Å². The zero-order chi connectivity index (χ0) is 15.4. The zero-order valence-electron chi connectivity index (χ0n) is 11.1. The van der Waals surface area contributed by atoms with Crippen LogP contribution in [0.1, 0.15) is 5.56 Å². The molecule has 110 valence electrons. The fourth-order valence-electron chi connectivity index (χ4n) is 1.85. The molecule has 2 rings (SSSR count). The number of ether oxygens (including phenoxy) is 1. The number of anilines is 1. The van der Waals surface area contributed by atoms with Gasteiger partial charge in [0.15, 0.2) is 0 Å². The molecule has 0 heterocycles. The molecule has 21 heavy (non-hydrogen) atoms. The summed E-state index contributed by atoms with van der Waals surface area (Å²) >= 11 is 5.98. The summed E-state index contributed by atoms with van der Waals surface area (Å²) < 4.78 is 18.2. The van der Waals surface area contributed by atoms with Crippen molar-refractivity contribution in [1.82, 2.24) is 0 Å². The Kier molecular flexibility index (Phi) is 4.59. The second-order valence-corrected chi connectivity index (χ2v) is 4.64. The van der Waals surface area contributed by atoms with Gasteiger partial charge in [0, 0.05) is 18.3 Å². The molecular formula is C14H12ClFN2O3. The maximum atomic E-state index is 13.2. The van der Waals surface area contributed by atoms with Crippen molar-refractivity contribution >= 4 is 23.0 Å². The van der Waals surface area contributed by atoms with E-state index in [1.165, 1.54) is 7.11 Å². The second kappa shape index (κ2) is 6.41. The largest absolute Gasteiger partial charge is 0.495 e. The normalized spacial score (nSPS) is 10.2. The molecule has 0 amide bonds. The second-order valence-electron chi connectivity index (χ2n) is 4.23. The molecule has 2 aromatic rings. The minimum absolute atomic E-state index is 0.108. The summed E-state index contributed by atoms with van der Waals surface area (Å²) in [6.45, 7) is 0.108. The van der Waals surface area contributed by atoms with Crippen molar-refractivity contribution in [1.29, 1.82) is 0 Å². The third-order valence-electron chi connectivity index (χ3n) is 2.87. The van der Waals surface area contributed by atoms with Crippen molar-refractivity contribution in [3.05, 3.63) is 62.9 Å². The number of nitrogens with zero attached hydrogens (tertiary/aromatic N) is 1. The lowest BCUT2D eigenvalue weighted by molar-refractivity contribution is -0.385. The maximum Gasteiger partial charge on any atom is 0.274 e. The Hall–Kier alpha value is -2.34. The fourth-order valence-corrected chi connectivity index (χ4v) is 2.11. The van der Waals surface area contributed by atoms with Gasteiger partial charge in [0.25, 0.3) is 5.69 Å². The Bertz CT molecular complexity index is 679. The van der Waals surface area contributed by atoms with Crippen LogP contribution in [-0.2, 0) is 6.54 Å². The molecule has 0 spiro atoms. The molecule has 0 aliphatic heterocycles. The SMILES string of the molecule is COc1ccc(NCc2cc(F)ccc2[N+](=O)[O-])cc1Cl. The van der Waals surface area contributed by atoms with Crippen molar-refractivity contribution < 1.29 is 14.1 Å². The summed E-state index contributed by atoms with van der Waals surface area (Å²) in [4.78, 5) is 10.4. The first-order chi connectivity index (χ1) is 10.0. The van der Waals surface area contributed by atoms with E-state index in [9.17, 15) is 14.5 Å². The molecule has 0 fully saturated rings. The van der Waals surface area contributed by atoms with Crippen LogP contribution < -0.4 is 10.1 Å². The first kappa shape index (κ1) is 15.1. The van der Waals surface area contributed by atoms with Crippen LogP contribution in [0.15, 0.2) is 36.4 Å². The molecule has 0 saturated heterocycles. The van der Waals surface area contributed by atoms with Crippen LogP contribution in [0.4, 0.5) is 15.8 Å². The van der Waals surface area contributed by atoms with E-state index in [1.807, 2.05) is 0 Å². The van der Waals surface area contributed by atoms with Crippen molar-refractivity contribution in [3.8, 4) is 5.75 Å². The lowest BCUT2D eigenvalue weighted by atomic mass is 10.1. The van der Waals surface area contributed by atoms with Crippen LogP contribution in [-0.4, -0.2) is 12.0 Å². The van der Waals surface area contributed by atoms with Gasteiger partial charge in [-0.05, 0) is 30.3 Å². The first-order valence-corrected chi connectivity index (χ1v) is 6.39. The highest BCUT2D eigenvalue weighted by Crippen LogP contribution is 2.28. The smallest absolute Gasteiger partial charge is 0.274 e. The predicted molar refractivity (Wildman–Crippen MR) is 78.4 cm³/mol. The standard InChI is InChI=1S/C14H12ClFN2O3/c1-21-14-5-3-11(7-12(14)15)17-8-9-6-10(16)2-4-13(9)18(19)20/h2-7,17H,8H2,1H3. The molecule has 0 saturated carbocycles. The van der Waals surface area contributed by atoms with Crippen molar-refractivity contribution in [2.45, 2.75) is 6.54 Å². The van der Waals surface area contributed by atoms with E-state index in [0.29, 0.717) is 16.5 Å². The molecular weight excluding hydrogens is 299 g/mol. The number of nitro groups is 1. The van der Waals surface area contributed by atoms with Gasteiger partial charge in [-0.3, -0.25) is 10.1 Å². The molecule has 5 nitrogen and oxygen atoms in total. The molecule has 0 atom stereocenters. The number of rotatable bonds is 5. The van der Waals surface area contributed by atoms with Crippen molar-refractivity contribution in [3.63, 3.8) is 0 Å². The Morgan fingerprint density at radius 1 is 1.33 bits per heavy atom. The third-order valence-corrected chi connectivity index (χ3v) is 3.17. The summed E-state index contributed by atoms with van der Waals surface area (Å²) in [6, 6.07) is 8.36. The average molecular weight is 311 g/mol. The van der Waals surface area contributed by atoms with E-state index in [2.05, 4.69) is 5.32 Å². The third kappa shape index (κ3) is 3.61. The van der Waals surface area contributed by atoms with Crippen LogP contribution in [0.5, 0.6) is 5.75 Å². The molecule has 0 unspecified atom stereocenters. The van der Waals surface area contributed by atoms with Gasteiger partial charge < -0.3 is 10.1 Å². The van der Waals surface area contributed by atoms with Gasteiger partial charge in [0.05, 0.1) is 22.6 Å². The van der Waals surface area contributed by atoms with Gasteiger partial charge in [-0.1, -0.05) is 11.6 Å². The van der Waals surface area contributed by atoms with Gasteiger partial charge in [-0.2, -0.15) is 0 Å². The highest BCUT2D eigenvalue weighted by atomic mass is 35.5. The van der Waals surface area contributed by atoms with Crippen molar-refractivity contribution in [2.24, 2.45) is 0 Å². The molecule has 0 aromatic heterocycles. The van der Waals surface area contributed by atoms with E-state index >= 15 is 0 Å². The Morgan fingerprint density at radius 3 is 2.71 bits per heavy atom. The van der Waals surface area contributed by atoms with Gasteiger partial charge in [0.1, 0.15) is 11.6 Å². The number of halogens is 2. The van der Waals surface area contributed by atoms with Crippen LogP contribution in [0, 0.1) is 15.9 Å². The highest BCUT2D eigenvalue weighted by Gasteiger charge is 2.14. The minimum atomic E-state index is -0.544. The van der Waals surface area contributed by atoms with Gasteiger partial charge in [-0.15, -0.1) is 0 Å². The number of methoxy groups -OCH3 is 1. The monoisotopic (exact) mass is 310 g/mol. The molecule has 2 aromatic carbocycles. The number of benzene rings is 2. The molecule has 0 bridgehead atoms. The summed E-state index contributed by atoms with van der Waals surface area (Å²) in [7, 11) is 1.50. The van der Waals surface area contributed by atoms with Crippen LogP contribution in [0.2, 0.25) is 5.02 Å². The van der Waals surface area contributed by atoms with Crippen LogP contribution in [0.25, 0.3) is 0 Å². The Morgan fingerprint density at radius 2 is 2.10 bits per heavy atom. The first-order valence-electron chi connectivity index (χ1n) is 6.01. The molecule has 0 radical (unpaired) electrons. The van der Waals surface area contributed by atoms with Gasteiger partial charge in [0.2, 0.25) is 0 Å². The predicted octanol–water partition coefficient (Wildman–Crippen LogP) is 4.01. The summed E-state index contributed by atoms with van der Waals surface area (Å²) in [5.41, 5.74) is 0.773. The molecule has 0 aliphatic rings. The topological polar surface area (TPSA) is 64.4 Å². The van der Waals surface area contributed by atoms with E-state index in [-0.39, 0.29) is 17.8 Å². The summed E-state index contributed by atoms with van der Waals surface area (Å²) in [5.74, 6) is 0.00381. The minimum Gasteiger partial charge on any atom is -0.495 e. The van der Waals surface area contributed by atoms with Gasteiger partial charge >= 0.3 is 0 Å². The fraction of sp³-hybridized carbons (Fsp3) is 0.143.